The molecule has 28 nitrogen and oxygen atoms in total. The number of carbonyl (C=O) groups is 3. The molecule has 3 aliphatic heterocycles. The molecular weight excluding hydrogens is 1690 g/mol. The maximum absolute atomic E-state index is 12.6. The molecule has 0 bridgehead atoms. The molecule has 30 heteroatoms. The van der Waals surface area contributed by atoms with Gasteiger partial charge in [-0.3, -0.25) is 14.7 Å². The molecule has 3 saturated heterocycles. The van der Waals surface area contributed by atoms with Crippen molar-refractivity contribution in [1.29, 1.82) is 0 Å². The van der Waals surface area contributed by atoms with Crippen molar-refractivity contribution in [3.8, 4) is 67.9 Å². The second-order valence-corrected chi connectivity index (χ2v) is 36.2. The average molecular weight is 1820 g/mol. The number of hydrogen-bond acceptors (Lipinski definition) is 22. The van der Waals surface area contributed by atoms with Gasteiger partial charge in [0.25, 0.3) is 0 Å². The molecule has 9 heterocycles. The number of aliphatic carboxylic acids is 1. The van der Waals surface area contributed by atoms with Gasteiger partial charge in [-0.05, 0) is 253 Å². The Morgan fingerprint density at radius 1 is 0.465 bits per heavy atom. The first-order valence-electron chi connectivity index (χ1n) is 44.4. The monoisotopic (exact) mass is 1810 g/mol. The Bertz CT molecular complexity index is 5580. The fraction of sp³-hybridized carbons (Fsp3) is 0.384. The Labute approximate surface area is 764 Å². The summed E-state index contributed by atoms with van der Waals surface area (Å²) < 4.78 is 36.8. The first-order valence-corrected chi connectivity index (χ1v) is 45.2. The van der Waals surface area contributed by atoms with Crippen molar-refractivity contribution in [2.24, 2.45) is 0 Å². The van der Waals surface area contributed by atoms with Gasteiger partial charge in [0.05, 0.1) is 20.8 Å². The number of anilines is 3. The summed E-state index contributed by atoms with van der Waals surface area (Å²) in [4.78, 5) is 72.9. The van der Waals surface area contributed by atoms with Crippen LogP contribution in [0, 0.1) is 13.8 Å². The molecule has 678 valence electrons. The number of fused-ring (bicyclic) bond motifs is 3. The summed E-state index contributed by atoms with van der Waals surface area (Å²) in [6.45, 7) is 25.6. The van der Waals surface area contributed by atoms with E-state index in [-0.39, 0.29) is 24.3 Å². The van der Waals surface area contributed by atoms with Crippen LogP contribution in [0.1, 0.15) is 142 Å². The van der Waals surface area contributed by atoms with Crippen LogP contribution in [0.25, 0.3) is 66.5 Å². The topological polar surface area (TPSA) is 344 Å². The summed E-state index contributed by atoms with van der Waals surface area (Å²) in [5, 5.41) is 26.1. The maximum Gasteiger partial charge on any atom is 0.448 e. The highest BCUT2D eigenvalue weighted by Crippen LogP contribution is 2.47. The van der Waals surface area contributed by atoms with Gasteiger partial charge in [0.2, 0.25) is 0 Å². The number of nitrogens with two attached hydrogens (primary N) is 3. The third-order valence-corrected chi connectivity index (χ3v) is 24.2. The molecular formula is C99H121BBrN17O11. The Kier molecular flexibility index (Phi) is 31.3. The molecule has 5 fully saturated rings. The molecule has 0 radical (unpaired) electrons. The number of rotatable bonds is 21. The number of aromatic nitrogens is 9. The highest BCUT2D eigenvalue weighted by atomic mass is 79.9. The fourth-order valence-electron chi connectivity index (χ4n) is 16.8. The summed E-state index contributed by atoms with van der Waals surface area (Å²) in [5.74, 6) is 5.24. The van der Waals surface area contributed by atoms with Crippen LogP contribution in [-0.4, -0.2) is 204 Å². The third-order valence-electron chi connectivity index (χ3n) is 23.4. The average Bonchev–Trinajstić information content (AvgIpc) is 1.60. The first kappa shape index (κ1) is 94.4. The number of benzene rings is 6. The van der Waals surface area contributed by atoms with Gasteiger partial charge in [-0.15, -0.1) is 0 Å². The number of carbonyl (C=O) groups excluding carboxylic acids is 2. The normalized spacial score (nSPS) is 15.6. The number of nitrogen functional groups attached to an aromatic ring is 3. The molecule has 9 N–H and O–H groups in total. The van der Waals surface area contributed by atoms with E-state index in [0.29, 0.717) is 61.8 Å². The van der Waals surface area contributed by atoms with E-state index in [1.54, 1.807) is 22.2 Å². The van der Waals surface area contributed by atoms with Crippen LogP contribution in [0.5, 0.6) is 34.5 Å². The lowest BCUT2D eigenvalue weighted by Gasteiger charge is -2.36. The number of carboxylic acid groups (broad SMARTS) is 1. The minimum absolute atomic E-state index is 0.138. The lowest BCUT2D eigenvalue weighted by atomic mass is 9.99. The van der Waals surface area contributed by atoms with Crippen LogP contribution in [0.15, 0.2) is 212 Å². The zero-order chi connectivity index (χ0) is 91.8. The van der Waals surface area contributed by atoms with Gasteiger partial charge in [-0.2, -0.15) is 0 Å². The number of amides is 2. The smallest absolute Gasteiger partial charge is 0.448 e. The number of para-hydroxylation sites is 3. The van der Waals surface area contributed by atoms with Gasteiger partial charge >= 0.3 is 25.3 Å². The Morgan fingerprint density at radius 3 is 1.10 bits per heavy atom. The van der Waals surface area contributed by atoms with E-state index >= 15 is 0 Å². The summed E-state index contributed by atoms with van der Waals surface area (Å²) in [7, 11) is 3.09. The van der Waals surface area contributed by atoms with Crippen molar-refractivity contribution in [3.05, 3.63) is 223 Å². The second kappa shape index (κ2) is 42.8. The lowest BCUT2D eigenvalue weighted by molar-refractivity contribution is -0.131. The van der Waals surface area contributed by atoms with Crippen molar-refractivity contribution < 1.29 is 53.2 Å². The van der Waals surface area contributed by atoms with Crippen molar-refractivity contribution >= 4 is 91.8 Å². The summed E-state index contributed by atoms with van der Waals surface area (Å²) in [5.41, 5.74) is 29.2. The molecule has 12 aromatic rings. The summed E-state index contributed by atoms with van der Waals surface area (Å²) in [6.07, 6.45) is 22.2. The van der Waals surface area contributed by atoms with Crippen LogP contribution in [-0.2, 0) is 14.3 Å². The van der Waals surface area contributed by atoms with Gasteiger partial charge in [-0.25, -0.2) is 44.3 Å². The number of nitrogens with zero attached hydrogens (tertiary/aromatic N) is 14. The zero-order valence-electron chi connectivity index (χ0n) is 75.9. The van der Waals surface area contributed by atoms with Crippen molar-refractivity contribution in [1.82, 2.24) is 68.1 Å². The minimum atomic E-state index is -1.17. The van der Waals surface area contributed by atoms with Gasteiger partial charge in [-0.1, -0.05) is 109 Å². The van der Waals surface area contributed by atoms with Gasteiger partial charge < -0.3 is 79.5 Å². The number of halogens is 1. The molecule has 17 rings (SSSR count). The van der Waals surface area contributed by atoms with Crippen LogP contribution >= 0.6 is 15.9 Å². The molecule has 2 aliphatic carbocycles. The molecule has 6 aromatic carbocycles. The van der Waals surface area contributed by atoms with Crippen molar-refractivity contribution in [3.63, 3.8) is 0 Å². The van der Waals surface area contributed by atoms with Crippen LogP contribution in [0.3, 0.4) is 0 Å². The van der Waals surface area contributed by atoms with Gasteiger partial charge in [0.15, 0.2) is 0 Å². The first-order chi connectivity index (χ1) is 61.8. The predicted octanol–water partition coefficient (Wildman–Crippen LogP) is 19.4. The SMILES string of the molecule is CB(O)O.CC(C)(C)OC(=O)N1CCC(n2c(Br)c(-c3ccc(Oc4ccccc4)cc3)c3c(N)ncnc32)CC1.CN(C/C=C/C(=O)O)C1CC1.Cc1c(-c2ccc(Oc3ccccc3)cc2)c2c(N)ncnc2n1C1CCN(C(=O)OC(C)(C)C)CC1.Cc1c(-c2ccc(Oc3ccccc3)cc2)c2c(N)ncnc2n1C1CCN(C(C)/C=C/CN(C)C2CC2)CC1. The van der Waals surface area contributed by atoms with Crippen molar-refractivity contribution in [2.45, 2.75) is 181 Å². The zero-order valence-corrected chi connectivity index (χ0v) is 77.5. The number of likely N-dealkylation sites (N-methyl/N-ethyl adjacent to an activating group) is 2. The van der Waals surface area contributed by atoms with E-state index < -0.39 is 24.3 Å². The minimum Gasteiger partial charge on any atom is -0.478 e. The number of piperidine rings is 3. The van der Waals surface area contributed by atoms with E-state index in [9.17, 15) is 14.4 Å². The third kappa shape index (κ3) is 24.8. The molecule has 129 heavy (non-hydrogen) atoms. The molecule has 2 amide bonds. The summed E-state index contributed by atoms with van der Waals surface area (Å²) in [6, 6.07) is 56.1. The van der Waals surface area contributed by atoms with Gasteiger partial charge in [0.1, 0.15) is 99.1 Å². The highest BCUT2D eigenvalue weighted by molar-refractivity contribution is 9.10. The predicted molar refractivity (Wildman–Crippen MR) is 514 cm³/mol. The molecule has 5 aliphatic rings. The van der Waals surface area contributed by atoms with Crippen LogP contribution < -0.4 is 31.4 Å². The van der Waals surface area contributed by atoms with E-state index in [1.165, 1.54) is 56.9 Å². The second-order valence-electron chi connectivity index (χ2n) is 35.4. The number of likely N-dealkylation sites (tertiary alicyclic amines) is 3. The number of carboxylic acids is 1. The Morgan fingerprint density at radius 2 is 0.767 bits per heavy atom. The molecule has 0 spiro atoms. The van der Waals surface area contributed by atoms with E-state index in [4.69, 9.17) is 61.0 Å². The lowest BCUT2D eigenvalue weighted by Crippen LogP contribution is -2.42. The van der Waals surface area contributed by atoms with Crippen molar-refractivity contribution in [2.75, 3.05) is 83.7 Å². The Balaban J connectivity index is 0.000000152. The van der Waals surface area contributed by atoms with E-state index in [0.717, 1.165) is 182 Å². The number of hydrogen-bond donors (Lipinski definition) is 6. The highest BCUT2D eigenvalue weighted by Gasteiger charge is 2.36. The molecule has 2 saturated carbocycles. The van der Waals surface area contributed by atoms with Gasteiger partial charge in [0, 0.05) is 123 Å². The molecule has 6 aromatic heterocycles. The van der Waals surface area contributed by atoms with Crippen LogP contribution in [0.2, 0.25) is 6.82 Å². The quantitative estimate of drug-likeness (QED) is 0.0221. The van der Waals surface area contributed by atoms with E-state index in [2.05, 4.69) is 121 Å². The van der Waals surface area contributed by atoms with E-state index in [1.807, 2.05) is 200 Å². The summed E-state index contributed by atoms with van der Waals surface area (Å²) >= 11 is 3.86. The molecule has 1 unspecified atom stereocenters. The maximum atomic E-state index is 12.6. The Hall–Kier alpha value is -12.2. The fourth-order valence-corrected chi connectivity index (χ4v) is 17.7. The number of ether oxygens (including phenoxy) is 5. The van der Waals surface area contributed by atoms with Crippen LogP contribution in [0.4, 0.5) is 27.0 Å². The molecule has 1 atom stereocenters. The largest absolute Gasteiger partial charge is 0.478 e. The standard InChI is InChI=1S/C33H40N6O.C29H33N5O3.C28H30BrN5O3.C8H13NO2.CH5BO2/c1-23(8-7-19-37(3)26-13-14-26)38-20-17-27(18-21-38)39-24(2)30(31-32(34)35-22-36-33(31)39)25-11-15-29(16-12-25)40-28-9-5-4-6-10-28;1-19-24(20-10-12-23(13-11-20)36-22-8-6-5-7-9-22)25-26(30)31-18-32-27(25)34(19)21-14-16-33(17-15-21)28(35)37-29(2,3)4;1-28(2,3)37-27(35)33-15-13-19(14-16-33)34-24(29)22(23-25(30)31-17-32-26(23)34)18-9-11-21(12-10-18)36-20-7-5-4-6-8-20;1-9(7-4-5-7)6-2-3-8(10)11;1-2(3)4/h4-12,15-16,22-23,26-27H,13-14,17-21H2,1-3H3,(H2,34,35,36);5-13,18,21H,14-17H2,1-4H3,(H2,30,31,32);4-12,17,19H,13-16H2,1-3H3,(H2,30,31,32);2-3,7H,4-6H2,1H3,(H,10,11);3-4H,1H3/b8-7+;;;3-2+;.